The zero-order valence-electron chi connectivity index (χ0n) is 16.1. The molecule has 0 N–H and O–H groups in total. The lowest BCUT2D eigenvalue weighted by Crippen LogP contribution is -2.44. The first kappa shape index (κ1) is 20.4. The Hall–Kier alpha value is -1.88. The summed E-state index contributed by atoms with van der Waals surface area (Å²) in [5.74, 6) is 1.28. The van der Waals surface area contributed by atoms with Crippen LogP contribution in [-0.2, 0) is 0 Å². The summed E-state index contributed by atoms with van der Waals surface area (Å²) in [4.78, 5) is 2.51. The number of fused-ring (bicyclic) bond motifs is 2. The van der Waals surface area contributed by atoms with Crippen molar-refractivity contribution in [2.24, 2.45) is 0 Å². The molecule has 3 heterocycles. The van der Waals surface area contributed by atoms with Gasteiger partial charge in [0.1, 0.15) is 17.3 Å². The van der Waals surface area contributed by atoms with Gasteiger partial charge in [-0.3, -0.25) is 4.90 Å². The van der Waals surface area contributed by atoms with Crippen molar-refractivity contribution in [3.63, 3.8) is 0 Å². The number of piperidine rings is 1. The summed E-state index contributed by atoms with van der Waals surface area (Å²) in [6.45, 7) is 0. The van der Waals surface area contributed by atoms with E-state index in [0.29, 0.717) is 18.0 Å². The third kappa shape index (κ3) is 3.70. The minimum absolute atomic E-state index is 0. The van der Waals surface area contributed by atoms with Gasteiger partial charge in [0.15, 0.2) is 0 Å². The Labute approximate surface area is 181 Å². The molecule has 2 aromatic carbocycles. The molecule has 0 amide bonds. The number of halogens is 3. The lowest BCUT2D eigenvalue weighted by atomic mass is 9.75. The number of aromatic nitrogens is 1. The van der Waals surface area contributed by atoms with E-state index in [1.165, 1.54) is 30.5 Å². The maximum atomic E-state index is 13.3. The topological polar surface area (TPSA) is 29.3 Å². The van der Waals surface area contributed by atoms with Crippen molar-refractivity contribution >= 4 is 24.0 Å². The first-order valence-electron chi connectivity index (χ1n) is 9.80. The SMILES string of the molecule is CN1C2CC[C@@H]1C[C@H](c1ccc(Cl)cc1)[C@@H]2c1cc(-c2ccc(F)cc2)no1.Cl. The number of likely N-dealkylation sites (N-methyl/N-ethyl adjacent to an activating group) is 1. The zero-order valence-corrected chi connectivity index (χ0v) is 17.7. The maximum absolute atomic E-state index is 13.3. The van der Waals surface area contributed by atoms with Crippen LogP contribution in [0.4, 0.5) is 4.39 Å². The molecule has 29 heavy (non-hydrogen) atoms. The Balaban J connectivity index is 0.00000205. The number of hydrogen-bond acceptors (Lipinski definition) is 3. The molecule has 0 saturated carbocycles. The standard InChI is InChI=1S/C23H22ClFN2O.ClH/c1-27-18-10-11-21(27)23(19(12-18)14-2-6-16(24)7-3-14)22-13-20(26-28-22)15-4-8-17(25)9-5-15;/h2-9,13,18-19,21,23H,10-12H2,1H3;1H/t18-,19-,21?,23+;/m1./s1. The fourth-order valence-corrected chi connectivity index (χ4v) is 5.24. The minimum Gasteiger partial charge on any atom is -0.360 e. The molecule has 152 valence electrons. The van der Waals surface area contributed by atoms with Crippen LogP contribution in [0.1, 0.15) is 42.4 Å². The number of nitrogens with zero attached hydrogens (tertiary/aromatic N) is 2. The molecule has 3 aromatic rings. The normalized spacial score (nSPS) is 26.3. The van der Waals surface area contributed by atoms with Gasteiger partial charge in [-0.25, -0.2) is 4.39 Å². The summed E-state index contributed by atoms with van der Waals surface area (Å²) in [7, 11) is 2.23. The first-order chi connectivity index (χ1) is 13.6. The molecule has 4 atom stereocenters. The molecule has 2 aliphatic rings. The van der Waals surface area contributed by atoms with Crippen molar-refractivity contribution in [1.82, 2.24) is 10.1 Å². The van der Waals surface area contributed by atoms with E-state index < -0.39 is 0 Å². The highest BCUT2D eigenvalue weighted by molar-refractivity contribution is 6.30. The lowest BCUT2D eigenvalue weighted by molar-refractivity contribution is 0.122. The molecular weight excluding hydrogens is 410 g/mol. The average Bonchev–Trinajstić information content (AvgIpc) is 3.26. The van der Waals surface area contributed by atoms with E-state index in [9.17, 15) is 4.39 Å². The van der Waals surface area contributed by atoms with Crippen LogP contribution in [0.3, 0.4) is 0 Å². The summed E-state index contributed by atoms with van der Waals surface area (Å²) < 4.78 is 19.1. The van der Waals surface area contributed by atoms with E-state index in [0.717, 1.165) is 28.5 Å². The average molecular weight is 433 g/mol. The van der Waals surface area contributed by atoms with Gasteiger partial charge in [0.05, 0.1) is 0 Å². The molecule has 0 spiro atoms. The fraction of sp³-hybridized carbons (Fsp3) is 0.348. The van der Waals surface area contributed by atoms with Crippen molar-refractivity contribution in [3.8, 4) is 11.3 Å². The van der Waals surface area contributed by atoms with Crippen LogP contribution in [0.15, 0.2) is 59.1 Å². The molecule has 2 fully saturated rings. The van der Waals surface area contributed by atoms with Gasteiger partial charge in [-0.1, -0.05) is 28.9 Å². The highest BCUT2D eigenvalue weighted by atomic mass is 35.5. The second-order valence-corrected chi connectivity index (χ2v) is 8.44. The smallest absolute Gasteiger partial charge is 0.142 e. The van der Waals surface area contributed by atoms with Crippen LogP contribution < -0.4 is 0 Å². The third-order valence-corrected chi connectivity index (χ3v) is 6.82. The van der Waals surface area contributed by atoms with Gasteiger partial charge < -0.3 is 4.52 Å². The molecule has 3 nitrogen and oxygen atoms in total. The largest absolute Gasteiger partial charge is 0.360 e. The second kappa shape index (κ2) is 8.10. The van der Waals surface area contributed by atoms with E-state index in [1.807, 2.05) is 18.2 Å². The highest BCUT2D eigenvalue weighted by Crippen LogP contribution is 2.51. The Kier molecular flexibility index (Phi) is 5.69. The maximum Gasteiger partial charge on any atom is 0.142 e. The number of hydrogen-bond donors (Lipinski definition) is 0. The van der Waals surface area contributed by atoms with Crippen molar-refractivity contribution in [2.45, 2.75) is 43.2 Å². The zero-order chi connectivity index (χ0) is 19.3. The first-order valence-corrected chi connectivity index (χ1v) is 10.2. The minimum atomic E-state index is -0.249. The molecule has 5 rings (SSSR count). The molecule has 2 bridgehead atoms. The molecule has 1 unspecified atom stereocenters. The second-order valence-electron chi connectivity index (χ2n) is 8.00. The van der Waals surface area contributed by atoms with Crippen LogP contribution in [0.5, 0.6) is 0 Å². The van der Waals surface area contributed by atoms with Crippen molar-refractivity contribution in [1.29, 1.82) is 0 Å². The van der Waals surface area contributed by atoms with Gasteiger partial charge in [0.2, 0.25) is 0 Å². The Morgan fingerprint density at radius 1 is 1.07 bits per heavy atom. The predicted octanol–water partition coefficient (Wildman–Crippen LogP) is 6.29. The fourth-order valence-electron chi connectivity index (χ4n) is 5.11. The predicted molar refractivity (Wildman–Crippen MR) is 115 cm³/mol. The Bertz CT molecular complexity index is 973. The van der Waals surface area contributed by atoms with E-state index in [2.05, 4.69) is 29.2 Å². The molecule has 1 aromatic heterocycles. The van der Waals surface area contributed by atoms with Gasteiger partial charge >= 0.3 is 0 Å². The van der Waals surface area contributed by atoms with Crippen LogP contribution in [-0.4, -0.2) is 29.2 Å². The van der Waals surface area contributed by atoms with Gasteiger partial charge in [0, 0.05) is 34.7 Å². The Morgan fingerprint density at radius 2 is 1.79 bits per heavy atom. The van der Waals surface area contributed by atoms with Gasteiger partial charge in [-0.05, 0) is 74.2 Å². The lowest BCUT2D eigenvalue weighted by Gasteiger charge is -2.42. The van der Waals surface area contributed by atoms with Crippen LogP contribution in [0.25, 0.3) is 11.3 Å². The quantitative estimate of drug-likeness (QED) is 0.486. The van der Waals surface area contributed by atoms with Crippen molar-refractivity contribution in [2.75, 3.05) is 7.05 Å². The van der Waals surface area contributed by atoms with E-state index in [-0.39, 0.29) is 24.1 Å². The van der Waals surface area contributed by atoms with Gasteiger partial charge in [0.25, 0.3) is 0 Å². The van der Waals surface area contributed by atoms with Crippen LogP contribution in [0.2, 0.25) is 5.02 Å². The highest BCUT2D eigenvalue weighted by Gasteiger charge is 2.48. The summed E-state index contributed by atoms with van der Waals surface area (Å²) in [5.41, 5.74) is 2.93. The molecular formula is C23H23Cl2FN2O. The van der Waals surface area contributed by atoms with Gasteiger partial charge in [-0.15, -0.1) is 12.4 Å². The van der Waals surface area contributed by atoms with Crippen LogP contribution >= 0.6 is 24.0 Å². The molecule has 2 saturated heterocycles. The summed E-state index contributed by atoms with van der Waals surface area (Å²) in [6.07, 6.45) is 3.50. The van der Waals surface area contributed by atoms with Crippen molar-refractivity contribution in [3.05, 3.63) is 76.8 Å². The van der Waals surface area contributed by atoms with Crippen molar-refractivity contribution < 1.29 is 8.91 Å². The number of rotatable bonds is 3. The van der Waals surface area contributed by atoms with Gasteiger partial charge in [-0.2, -0.15) is 0 Å². The third-order valence-electron chi connectivity index (χ3n) is 6.56. The summed E-state index contributed by atoms with van der Waals surface area (Å²) >= 11 is 6.12. The molecule has 0 aliphatic carbocycles. The van der Waals surface area contributed by atoms with E-state index in [4.69, 9.17) is 16.1 Å². The Morgan fingerprint density at radius 3 is 2.52 bits per heavy atom. The summed E-state index contributed by atoms with van der Waals surface area (Å²) in [6, 6.07) is 17.7. The molecule has 0 radical (unpaired) electrons. The monoisotopic (exact) mass is 432 g/mol. The summed E-state index contributed by atoms with van der Waals surface area (Å²) in [5, 5.41) is 5.06. The molecule has 6 heteroatoms. The van der Waals surface area contributed by atoms with Crippen LogP contribution in [0, 0.1) is 5.82 Å². The van der Waals surface area contributed by atoms with E-state index >= 15 is 0 Å². The van der Waals surface area contributed by atoms with E-state index in [1.54, 1.807) is 12.1 Å². The number of benzene rings is 2. The molecule has 2 aliphatic heterocycles.